The van der Waals surface area contributed by atoms with E-state index in [-0.39, 0.29) is 5.04 Å². The molecule has 3 nitrogen and oxygen atoms in total. The van der Waals surface area contributed by atoms with Crippen LogP contribution in [0.3, 0.4) is 0 Å². The normalized spacial score (nSPS) is 18.7. The Hall–Kier alpha value is -2.66. The molecule has 0 spiro atoms. The molecule has 0 fully saturated rings. The minimum atomic E-state index is -2.65. The number of para-hydroxylation sites is 1. The smallest absolute Gasteiger partial charge is 0.261 e. The maximum atomic E-state index is 7.35. The standard InChI is InChI=1S/C30H35NO2Si/c1-5-30(28-26(20-21-32-30)25-18-12-13-19-27(25)31-28)22-33-34(29(2,3)4,23-14-8-6-9-15-23)24-16-10-7-11-17-24/h6-19,31H,5,20-22H2,1-4H3. The summed E-state index contributed by atoms with van der Waals surface area (Å²) in [7, 11) is -2.65. The first-order chi connectivity index (χ1) is 16.4. The van der Waals surface area contributed by atoms with Crippen molar-refractivity contribution in [1.82, 2.24) is 4.98 Å². The zero-order chi connectivity index (χ0) is 23.8. The number of aromatic nitrogens is 1. The van der Waals surface area contributed by atoms with E-state index in [2.05, 4.69) is 118 Å². The topological polar surface area (TPSA) is 34.2 Å². The first-order valence-corrected chi connectivity index (χ1v) is 14.3. The van der Waals surface area contributed by atoms with Crippen LogP contribution in [0, 0.1) is 0 Å². The fourth-order valence-electron chi connectivity index (χ4n) is 5.75. The number of fused-ring (bicyclic) bond motifs is 3. The third-order valence-corrected chi connectivity index (χ3v) is 12.5. The molecule has 176 valence electrons. The highest BCUT2D eigenvalue weighted by Crippen LogP contribution is 2.42. The number of rotatable bonds is 6. The van der Waals surface area contributed by atoms with Gasteiger partial charge in [-0.25, -0.2) is 0 Å². The van der Waals surface area contributed by atoms with E-state index in [0.29, 0.717) is 13.2 Å². The highest BCUT2D eigenvalue weighted by Gasteiger charge is 2.52. The first kappa shape index (κ1) is 23.1. The van der Waals surface area contributed by atoms with Gasteiger partial charge in [0.2, 0.25) is 0 Å². The summed E-state index contributed by atoms with van der Waals surface area (Å²) in [6.07, 6.45) is 1.78. The summed E-state index contributed by atoms with van der Waals surface area (Å²) in [6.45, 7) is 10.4. The van der Waals surface area contributed by atoms with Crippen molar-refractivity contribution in [3.8, 4) is 0 Å². The summed E-state index contributed by atoms with van der Waals surface area (Å²) in [4.78, 5) is 3.72. The van der Waals surface area contributed by atoms with Gasteiger partial charge in [-0.3, -0.25) is 0 Å². The van der Waals surface area contributed by atoms with Gasteiger partial charge in [-0.15, -0.1) is 0 Å². The Balaban J connectivity index is 1.64. The van der Waals surface area contributed by atoms with Crippen molar-refractivity contribution < 1.29 is 9.16 Å². The average Bonchev–Trinajstić information content (AvgIpc) is 3.25. The SMILES string of the molecule is CCC1(CO[Si](c2ccccc2)(c2ccccc2)C(C)(C)C)OCCc2c1[nH]c1ccccc21. The van der Waals surface area contributed by atoms with E-state index < -0.39 is 13.9 Å². The zero-order valence-electron chi connectivity index (χ0n) is 20.7. The van der Waals surface area contributed by atoms with Gasteiger partial charge in [0, 0.05) is 10.9 Å². The second kappa shape index (κ2) is 8.84. The van der Waals surface area contributed by atoms with E-state index in [4.69, 9.17) is 9.16 Å². The number of benzene rings is 3. The van der Waals surface area contributed by atoms with Crippen molar-refractivity contribution in [3.63, 3.8) is 0 Å². The highest BCUT2D eigenvalue weighted by atomic mass is 28.4. The molecule has 0 saturated carbocycles. The quantitative estimate of drug-likeness (QED) is 0.356. The molecule has 1 aromatic heterocycles. The molecule has 0 radical (unpaired) electrons. The van der Waals surface area contributed by atoms with Crippen LogP contribution in [0.15, 0.2) is 84.9 Å². The fourth-order valence-corrected chi connectivity index (χ4v) is 10.4. The molecule has 1 unspecified atom stereocenters. The molecule has 0 saturated heterocycles. The van der Waals surface area contributed by atoms with Crippen LogP contribution in [0.4, 0.5) is 0 Å². The van der Waals surface area contributed by atoms with Gasteiger partial charge in [0.05, 0.1) is 18.9 Å². The second-order valence-corrected chi connectivity index (χ2v) is 14.7. The lowest BCUT2D eigenvalue weighted by Crippen LogP contribution is -2.67. The van der Waals surface area contributed by atoms with Crippen molar-refractivity contribution in [1.29, 1.82) is 0 Å². The van der Waals surface area contributed by atoms with Gasteiger partial charge in [0.15, 0.2) is 0 Å². The van der Waals surface area contributed by atoms with E-state index in [1.54, 1.807) is 0 Å². The van der Waals surface area contributed by atoms with Gasteiger partial charge in [-0.2, -0.15) is 0 Å². The van der Waals surface area contributed by atoms with Crippen LogP contribution >= 0.6 is 0 Å². The van der Waals surface area contributed by atoms with Crippen molar-refractivity contribution in [2.75, 3.05) is 13.2 Å². The van der Waals surface area contributed by atoms with Gasteiger partial charge in [-0.1, -0.05) is 107 Å². The van der Waals surface area contributed by atoms with E-state index in [0.717, 1.165) is 12.8 Å². The average molecular weight is 470 g/mol. The summed E-state index contributed by atoms with van der Waals surface area (Å²) in [5.41, 5.74) is 3.27. The molecule has 34 heavy (non-hydrogen) atoms. The Labute approximate surface area is 204 Å². The van der Waals surface area contributed by atoms with Crippen LogP contribution in [0.5, 0.6) is 0 Å². The minimum absolute atomic E-state index is 0.0669. The minimum Gasteiger partial charge on any atom is -0.404 e. The molecule has 2 heterocycles. The summed E-state index contributed by atoms with van der Waals surface area (Å²) in [6, 6.07) is 30.3. The number of aromatic amines is 1. The molecule has 1 N–H and O–H groups in total. The van der Waals surface area contributed by atoms with Crippen LogP contribution in [0.2, 0.25) is 5.04 Å². The van der Waals surface area contributed by atoms with Crippen molar-refractivity contribution in [2.24, 2.45) is 0 Å². The van der Waals surface area contributed by atoms with Gasteiger partial charge in [-0.05, 0) is 39.9 Å². The lowest BCUT2D eigenvalue weighted by atomic mass is 9.90. The van der Waals surface area contributed by atoms with Crippen LogP contribution in [0.1, 0.15) is 45.4 Å². The largest absolute Gasteiger partial charge is 0.404 e. The Morgan fingerprint density at radius 1 is 0.882 bits per heavy atom. The number of ether oxygens (including phenoxy) is 1. The Morgan fingerprint density at radius 3 is 2.06 bits per heavy atom. The Kier molecular flexibility index (Phi) is 6.01. The third-order valence-electron chi connectivity index (χ3n) is 7.51. The van der Waals surface area contributed by atoms with Crippen molar-refractivity contribution in [3.05, 3.63) is 96.2 Å². The molecule has 0 bridgehead atoms. The monoisotopic (exact) mass is 469 g/mol. The first-order valence-electron chi connectivity index (χ1n) is 12.4. The highest BCUT2D eigenvalue weighted by molar-refractivity contribution is 6.99. The lowest BCUT2D eigenvalue weighted by molar-refractivity contribution is -0.0942. The van der Waals surface area contributed by atoms with Gasteiger partial charge in [0.1, 0.15) is 5.60 Å². The molecular weight excluding hydrogens is 434 g/mol. The van der Waals surface area contributed by atoms with Crippen LogP contribution in [-0.4, -0.2) is 26.5 Å². The number of H-pyrrole nitrogens is 1. The molecule has 3 aromatic carbocycles. The summed E-state index contributed by atoms with van der Waals surface area (Å²) in [5.74, 6) is 0. The van der Waals surface area contributed by atoms with E-state index >= 15 is 0 Å². The maximum Gasteiger partial charge on any atom is 0.261 e. The number of nitrogens with one attached hydrogen (secondary N) is 1. The molecule has 1 atom stereocenters. The lowest BCUT2D eigenvalue weighted by Gasteiger charge is -2.46. The van der Waals surface area contributed by atoms with Crippen molar-refractivity contribution >= 4 is 29.6 Å². The zero-order valence-corrected chi connectivity index (χ0v) is 21.7. The third kappa shape index (κ3) is 3.65. The molecule has 4 aromatic rings. The van der Waals surface area contributed by atoms with Crippen LogP contribution in [-0.2, 0) is 21.2 Å². The predicted molar refractivity (Wildman–Crippen MR) is 143 cm³/mol. The molecule has 1 aliphatic rings. The van der Waals surface area contributed by atoms with E-state index in [1.807, 2.05) is 0 Å². The molecular formula is C30H35NO2Si. The Bertz CT molecular complexity index is 1220. The van der Waals surface area contributed by atoms with E-state index in [9.17, 15) is 0 Å². The van der Waals surface area contributed by atoms with Gasteiger partial charge < -0.3 is 14.1 Å². The summed E-state index contributed by atoms with van der Waals surface area (Å²) >= 11 is 0. The second-order valence-electron chi connectivity index (χ2n) is 10.4. The van der Waals surface area contributed by atoms with Crippen LogP contribution < -0.4 is 10.4 Å². The molecule has 1 aliphatic heterocycles. The molecule has 0 amide bonds. The maximum absolute atomic E-state index is 7.35. The summed E-state index contributed by atoms with van der Waals surface area (Å²) in [5, 5.41) is 3.84. The van der Waals surface area contributed by atoms with Gasteiger partial charge in [0.25, 0.3) is 8.32 Å². The molecule has 5 rings (SSSR count). The molecule has 4 heteroatoms. The summed E-state index contributed by atoms with van der Waals surface area (Å²) < 4.78 is 14.0. The van der Waals surface area contributed by atoms with Crippen molar-refractivity contribution in [2.45, 2.75) is 51.2 Å². The molecule has 0 aliphatic carbocycles. The predicted octanol–water partition coefficient (Wildman–Crippen LogP) is 5.92. The fraction of sp³-hybridized carbons (Fsp3) is 0.333. The number of hydrogen-bond acceptors (Lipinski definition) is 2. The number of hydrogen-bond donors (Lipinski definition) is 1. The van der Waals surface area contributed by atoms with Crippen LogP contribution in [0.25, 0.3) is 10.9 Å². The Morgan fingerprint density at radius 2 is 1.47 bits per heavy atom. The van der Waals surface area contributed by atoms with Gasteiger partial charge >= 0.3 is 0 Å². The van der Waals surface area contributed by atoms with E-state index in [1.165, 1.54) is 32.5 Å².